The third kappa shape index (κ3) is 1.70. The monoisotopic (exact) mass is 182 g/mol. The number of rotatable bonds is 3. The summed E-state index contributed by atoms with van der Waals surface area (Å²) in [4.78, 5) is 11.1. The van der Waals surface area contributed by atoms with Gasteiger partial charge in [0.25, 0.3) is 0 Å². The third-order valence-electron chi connectivity index (χ3n) is 3.64. The van der Waals surface area contributed by atoms with Crippen molar-refractivity contribution in [2.45, 2.75) is 25.7 Å². The lowest BCUT2D eigenvalue weighted by molar-refractivity contribution is -0.119. The van der Waals surface area contributed by atoms with Gasteiger partial charge in [-0.25, -0.2) is 0 Å². The Balaban J connectivity index is 1.91. The van der Waals surface area contributed by atoms with Gasteiger partial charge in [-0.05, 0) is 24.3 Å². The summed E-state index contributed by atoms with van der Waals surface area (Å²) in [5, 5.41) is 2.89. The molecule has 0 spiro atoms. The predicted molar refractivity (Wildman–Crippen MR) is 51.0 cm³/mol. The quantitative estimate of drug-likeness (QED) is 0.667. The van der Waals surface area contributed by atoms with E-state index in [0.717, 1.165) is 19.0 Å². The second-order valence-electron chi connectivity index (χ2n) is 4.36. The van der Waals surface area contributed by atoms with Gasteiger partial charge in [0.05, 0.1) is 0 Å². The smallest absolute Gasteiger partial charge is 0.220 e. The molecule has 2 unspecified atom stereocenters. The van der Waals surface area contributed by atoms with Gasteiger partial charge in [-0.2, -0.15) is 0 Å². The van der Waals surface area contributed by atoms with E-state index in [9.17, 15) is 4.79 Å². The maximum Gasteiger partial charge on any atom is 0.220 e. The molecule has 1 saturated heterocycles. The summed E-state index contributed by atoms with van der Waals surface area (Å²) in [6.45, 7) is 1.61. The van der Waals surface area contributed by atoms with Crippen molar-refractivity contribution in [3.63, 3.8) is 0 Å². The van der Waals surface area contributed by atoms with Gasteiger partial charge in [-0.1, -0.05) is 19.3 Å². The number of hydrogen-bond acceptors (Lipinski definition) is 2. The highest BCUT2D eigenvalue weighted by Crippen LogP contribution is 2.38. The molecule has 0 bridgehead atoms. The lowest BCUT2D eigenvalue weighted by Gasteiger charge is -2.36. The predicted octanol–water partition coefficient (Wildman–Crippen LogP) is 0.497. The number of carbonyl (C=O) groups is 1. The first kappa shape index (κ1) is 9.00. The molecule has 2 fully saturated rings. The van der Waals surface area contributed by atoms with Crippen LogP contribution in [0.2, 0.25) is 0 Å². The largest absolute Gasteiger partial charge is 0.356 e. The number of amides is 1. The highest BCUT2D eigenvalue weighted by atomic mass is 16.1. The van der Waals surface area contributed by atoms with Crippen molar-refractivity contribution in [3.05, 3.63) is 0 Å². The Morgan fingerprint density at radius 3 is 2.62 bits per heavy atom. The van der Waals surface area contributed by atoms with Crippen molar-refractivity contribution in [1.29, 1.82) is 0 Å². The van der Waals surface area contributed by atoms with Crippen molar-refractivity contribution in [3.8, 4) is 0 Å². The summed E-state index contributed by atoms with van der Waals surface area (Å²) in [5.41, 5.74) is 5.77. The van der Waals surface area contributed by atoms with E-state index in [1.165, 1.54) is 19.3 Å². The van der Waals surface area contributed by atoms with Crippen LogP contribution < -0.4 is 11.1 Å². The zero-order valence-corrected chi connectivity index (χ0v) is 7.96. The Hall–Kier alpha value is -0.570. The van der Waals surface area contributed by atoms with Crippen LogP contribution in [-0.2, 0) is 4.79 Å². The molecule has 74 valence electrons. The molecule has 0 radical (unpaired) electrons. The van der Waals surface area contributed by atoms with Gasteiger partial charge in [0.1, 0.15) is 0 Å². The number of nitrogens with one attached hydrogen (secondary N) is 1. The second-order valence-corrected chi connectivity index (χ2v) is 4.36. The number of hydrogen-bond donors (Lipinski definition) is 2. The van der Waals surface area contributed by atoms with Crippen LogP contribution in [0.25, 0.3) is 0 Å². The molecule has 2 atom stereocenters. The van der Waals surface area contributed by atoms with Crippen molar-refractivity contribution >= 4 is 5.91 Å². The van der Waals surface area contributed by atoms with Gasteiger partial charge in [0.15, 0.2) is 0 Å². The minimum absolute atomic E-state index is 0.211. The van der Waals surface area contributed by atoms with E-state index in [2.05, 4.69) is 5.32 Å². The molecule has 2 aliphatic rings. The van der Waals surface area contributed by atoms with Gasteiger partial charge in [-0.3, -0.25) is 4.79 Å². The third-order valence-corrected chi connectivity index (χ3v) is 3.64. The zero-order chi connectivity index (χ0) is 9.26. The topological polar surface area (TPSA) is 55.1 Å². The van der Waals surface area contributed by atoms with E-state index < -0.39 is 0 Å². The van der Waals surface area contributed by atoms with E-state index in [0.29, 0.717) is 18.3 Å². The molecule has 0 aromatic heterocycles. The molecule has 3 nitrogen and oxygen atoms in total. The Kier molecular flexibility index (Phi) is 2.54. The fourth-order valence-corrected chi connectivity index (χ4v) is 2.57. The lowest BCUT2D eigenvalue weighted by atomic mass is 9.70. The lowest BCUT2D eigenvalue weighted by Crippen LogP contribution is -2.35. The van der Waals surface area contributed by atoms with E-state index in [1.54, 1.807) is 0 Å². The van der Waals surface area contributed by atoms with Crippen LogP contribution >= 0.6 is 0 Å². The van der Waals surface area contributed by atoms with Crippen LogP contribution in [-0.4, -0.2) is 19.0 Å². The Labute approximate surface area is 79.1 Å². The second kappa shape index (κ2) is 3.66. The first-order valence-electron chi connectivity index (χ1n) is 5.28. The van der Waals surface area contributed by atoms with Crippen molar-refractivity contribution in [1.82, 2.24) is 5.32 Å². The molecular formula is C10H18N2O. The van der Waals surface area contributed by atoms with Gasteiger partial charge in [-0.15, -0.1) is 0 Å². The van der Waals surface area contributed by atoms with E-state index in [-0.39, 0.29) is 5.91 Å². The molecule has 0 aromatic rings. The molecule has 0 aromatic carbocycles. The molecular weight excluding hydrogens is 164 g/mol. The Bertz CT molecular complexity index is 201. The Morgan fingerprint density at radius 2 is 2.23 bits per heavy atom. The van der Waals surface area contributed by atoms with Gasteiger partial charge in [0.2, 0.25) is 5.91 Å². The highest BCUT2D eigenvalue weighted by molar-refractivity contribution is 5.78. The van der Waals surface area contributed by atoms with Gasteiger partial charge >= 0.3 is 0 Å². The SMILES string of the molecule is NCC(C1CCC1)C1CNC(=O)C1. The highest BCUT2D eigenvalue weighted by Gasteiger charge is 2.35. The standard InChI is InChI=1S/C10H18N2O/c11-5-9(7-2-1-3-7)8-4-10(13)12-6-8/h7-9H,1-6,11H2,(H,12,13). The summed E-state index contributed by atoms with van der Waals surface area (Å²) in [6.07, 6.45) is 4.72. The minimum atomic E-state index is 0.211. The summed E-state index contributed by atoms with van der Waals surface area (Å²) >= 11 is 0. The molecule has 3 N–H and O–H groups in total. The summed E-state index contributed by atoms with van der Waals surface area (Å²) in [5.74, 6) is 2.13. The first-order valence-corrected chi connectivity index (χ1v) is 5.28. The van der Waals surface area contributed by atoms with Gasteiger partial charge < -0.3 is 11.1 Å². The normalized spacial score (nSPS) is 31.2. The average Bonchev–Trinajstić information content (AvgIpc) is 2.43. The Morgan fingerprint density at radius 1 is 1.46 bits per heavy atom. The average molecular weight is 182 g/mol. The maximum absolute atomic E-state index is 11.1. The first-order chi connectivity index (χ1) is 6.31. The molecule has 1 amide bonds. The fraction of sp³-hybridized carbons (Fsp3) is 0.900. The van der Waals surface area contributed by atoms with Crippen molar-refractivity contribution in [2.75, 3.05) is 13.1 Å². The molecule has 1 heterocycles. The van der Waals surface area contributed by atoms with Crippen LogP contribution in [0.15, 0.2) is 0 Å². The van der Waals surface area contributed by atoms with Crippen LogP contribution in [0.4, 0.5) is 0 Å². The maximum atomic E-state index is 11.1. The van der Waals surface area contributed by atoms with Crippen LogP contribution in [0.5, 0.6) is 0 Å². The molecule has 13 heavy (non-hydrogen) atoms. The van der Waals surface area contributed by atoms with E-state index in [4.69, 9.17) is 5.73 Å². The number of carbonyl (C=O) groups excluding carboxylic acids is 1. The van der Waals surface area contributed by atoms with E-state index in [1.807, 2.05) is 0 Å². The molecule has 2 rings (SSSR count). The zero-order valence-electron chi connectivity index (χ0n) is 7.96. The molecule has 1 saturated carbocycles. The number of nitrogens with two attached hydrogens (primary N) is 1. The molecule has 1 aliphatic carbocycles. The van der Waals surface area contributed by atoms with Crippen molar-refractivity contribution < 1.29 is 4.79 Å². The van der Waals surface area contributed by atoms with E-state index >= 15 is 0 Å². The fourth-order valence-electron chi connectivity index (χ4n) is 2.57. The van der Waals surface area contributed by atoms with Crippen LogP contribution in [0.1, 0.15) is 25.7 Å². The summed E-state index contributed by atoms with van der Waals surface area (Å²) < 4.78 is 0. The molecule has 1 aliphatic heterocycles. The van der Waals surface area contributed by atoms with Crippen LogP contribution in [0, 0.1) is 17.8 Å². The van der Waals surface area contributed by atoms with Crippen molar-refractivity contribution in [2.24, 2.45) is 23.5 Å². The molecule has 3 heteroatoms. The minimum Gasteiger partial charge on any atom is -0.356 e. The van der Waals surface area contributed by atoms with Crippen LogP contribution in [0.3, 0.4) is 0 Å². The summed E-state index contributed by atoms with van der Waals surface area (Å²) in [7, 11) is 0. The van der Waals surface area contributed by atoms with Gasteiger partial charge in [0, 0.05) is 13.0 Å². The summed E-state index contributed by atoms with van der Waals surface area (Å²) in [6, 6.07) is 0.